The molecule has 4 nitrogen and oxygen atoms in total. The molecule has 2 aliphatic rings. The highest BCUT2D eigenvalue weighted by atomic mass is 16.2. The van der Waals surface area contributed by atoms with Crippen LogP contribution in [0.1, 0.15) is 26.7 Å². The molecule has 72 valence electrons. The molecule has 4 heteroatoms. The fraction of sp³-hybridized carbons (Fsp3) is 0.778. The van der Waals surface area contributed by atoms with Crippen LogP contribution >= 0.6 is 0 Å². The summed E-state index contributed by atoms with van der Waals surface area (Å²) in [5.41, 5.74) is 0. The predicted molar refractivity (Wildman–Crippen MR) is 47.0 cm³/mol. The molecule has 1 aliphatic carbocycles. The summed E-state index contributed by atoms with van der Waals surface area (Å²) in [6.07, 6.45) is 1.93. The van der Waals surface area contributed by atoms with Gasteiger partial charge in [0, 0.05) is 6.04 Å². The van der Waals surface area contributed by atoms with Gasteiger partial charge in [0.05, 0.1) is 0 Å². The number of hydrogen-bond donors (Lipinski definition) is 1. The highest BCUT2D eigenvalue weighted by molar-refractivity contribution is 6.04. The summed E-state index contributed by atoms with van der Waals surface area (Å²) in [4.78, 5) is 24.2. The molecule has 3 amide bonds. The first-order chi connectivity index (χ1) is 6.09. The number of nitrogens with one attached hydrogen (secondary N) is 1. The van der Waals surface area contributed by atoms with Crippen LogP contribution in [0.25, 0.3) is 0 Å². The molecule has 0 unspecified atom stereocenters. The zero-order chi connectivity index (χ0) is 9.59. The Bertz CT molecular complexity index is 258. The standard InChI is InChI=1S/C9H14N2O2/c1-5-3-7(4-5)11-8(12)6(2)10-9(11)13/h5-7H,3-4H2,1-2H3,(H,10,13)/t5?,6-,7?/m1/s1. The molecule has 0 bridgehead atoms. The first-order valence-corrected chi connectivity index (χ1v) is 4.73. The van der Waals surface area contributed by atoms with Crippen LogP contribution < -0.4 is 5.32 Å². The molecule has 1 aliphatic heterocycles. The molecule has 1 atom stereocenters. The van der Waals surface area contributed by atoms with E-state index in [1.807, 2.05) is 0 Å². The smallest absolute Gasteiger partial charge is 0.325 e. The predicted octanol–water partition coefficient (Wildman–Crippen LogP) is 0.725. The van der Waals surface area contributed by atoms with Crippen molar-refractivity contribution in [3.05, 3.63) is 0 Å². The molecular formula is C9H14N2O2. The molecule has 0 aromatic rings. The molecule has 2 fully saturated rings. The van der Waals surface area contributed by atoms with Gasteiger partial charge in [0.25, 0.3) is 5.91 Å². The largest absolute Gasteiger partial charge is 0.326 e. The summed E-state index contributed by atoms with van der Waals surface area (Å²) in [6, 6.07) is -0.384. The van der Waals surface area contributed by atoms with Crippen molar-refractivity contribution in [3.8, 4) is 0 Å². The van der Waals surface area contributed by atoms with Crippen molar-refractivity contribution >= 4 is 11.9 Å². The lowest BCUT2D eigenvalue weighted by Gasteiger charge is -2.37. The average molecular weight is 182 g/mol. The van der Waals surface area contributed by atoms with Gasteiger partial charge in [-0.15, -0.1) is 0 Å². The summed E-state index contributed by atoms with van der Waals surface area (Å²) in [5, 5.41) is 2.62. The Morgan fingerprint density at radius 3 is 2.31 bits per heavy atom. The number of carbonyl (C=O) groups is 2. The number of imide groups is 1. The third-order valence-electron chi connectivity index (χ3n) is 2.88. The molecule has 0 aromatic heterocycles. The normalized spacial score (nSPS) is 38.9. The quantitative estimate of drug-likeness (QED) is 0.607. The number of amides is 3. The molecule has 0 radical (unpaired) electrons. The number of hydrogen-bond acceptors (Lipinski definition) is 2. The van der Waals surface area contributed by atoms with Gasteiger partial charge >= 0.3 is 6.03 Å². The van der Waals surface area contributed by atoms with E-state index in [0.717, 1.165) is 12.8 Å². The Morgan fingerprint density at radius 2 is 1.92 bits per heavy atom. The van der Waals surface area contributed by atoms with E-state index in [9.17, 15) is 9.59 Å². The zero-order valence-corrected chi connectivity index (χ0v) is 7.91. The van der Waals surface area contributed by atoms with Gasteiger partial charge in [0.1, 0.15) is 6.04 Å². The van der Waals surface area contributed by atoms with Crippen LogP contribution in [-0.4, -0.2) is 28.9 Å². The van der Waals surface area contributed by atoms with E-state index in [1.54, 1.807) is 6.92 Å². The van der Waals surface area contributed by atoms with Crippen molar-refractivity contribution < 1.29 is 9.59 Å². The van der Waals surface area contributed by atoms with Gasteiger partial charge in [-0.25, -0.2) is 4.79 Å². The highest BCUT2D eigenvalue weighted by Crippen LogP contribution is 2.32. The number of rotatable bonds is 1. The Labute approximate surface area is 77.3 Å². The van der Waals surface area contributed by atoms with E-state index >= 15 is 0 Å². The second kappa shape index (κ2) is 2.72. The van der Waals surface area contributed by atoms with E-state index in [-0.39, 0.29) is 24.0 Å². The van der Waals surface area contributed by atoms with Crippen LogP contribution in [0.5, 0.6) is 0 Å². The van der Waals surface area contributed by atoms with Crippen molar-refractivity contribution in [2.24, 2.45) is 5.92 Å². The lowest BCUT2D eigenvalue weighted by Crippen LogP contribution is -2.47. The first-order valence-electron chi connectivity index (χ1n) is 4.73. The van der Waals surface area contributed by atoms with E-state index < -0.39 is 0 Å². The summed E-state index contributed by atoms with van der Waals surface area (Å²) in [6.45, 7) is 3.86. The van der Waals surface area contributed by atoms with Gasteiger partial charge in [-0.05, 0) is 25.7 Å². The maximum Gasteiger partial charge on any atom is 0.325 e. The molecular weight excluding hydrogens is 168 g/mol. The topological polar surface area (TPSA) is 49.4 Å². The maximum atomic E-state index is 11.5. The second-order valence-electron chi connectivity index (χ2n) is 4.11. The van der Waals surface area contributed by atoms with E-state index in [4.69, 9.17) is 0 Å². The SMILES string of the molecule is CC1CC(N2C(=O)N[C@H](C)C2=O)C1. The van der Waals surface area contributed by atoms with Crippen LogP contribution in [0.4, 0.5) is 4.79 Å². The lowest BCUT2D eigenvalue weighted by molar-refractivity contribution is -0.130. The Balaban J connectivity index is 2.06. The highest BCUT2D eigenvalue weighted by Gasteiger charge is 2.43. The van der Waals surface area contributed by atoms with Gasteiger partial charge in [-0.1, -0.05) is 6.92 Å². The molecule has 0 aromatic carbocycles. The summed E-state index contributed by atoms with van der Waals surface area (Å²) >= 11 is 0. The van der Waals surface area contributed by atoms with Crippen molar-refractivity contribution in [3.63, 3.8) is 0 Å². The van der Waals surface area contributed by atoms with Crippen LogP contribution in [0, 0.1) is 5.92 Å². The van der Waals surface area contributed by atoms with Gasteiger partial charge in [-0.2, -0.15) is 0 Å². The molecule has 1 heterocycles. The summed E-state index contributed by atoms with van der Waals surface area (Å²) in [7, 11) is 0. The van der Waals surface area contributed by atoms with Crippen molar-refractivity contribution in [2.45, 2.75) is 38.8 Å². The Hall–Kier alpha value is -1.06. The lowest BCUT2D eigenvalue weighted by atomic mass is 9.81. The molecule has 1 N–H and O–H groups in total. The van der Waals surface area contributed by atoms with Crippen molar-refractivity contribution in [1.29, 1.82) is 0 Å². The van der Waals surface area contributed by atoms with E-state index in [2.05, 4.69) is 12.2 Å². The monoisotopic (exact) mass is 182 g/mol. The van der Waals surface area contributed by atoms with Crippen LogP contribution in [0.3, 0.4) is 0 Å². The van der Waals surface area contributed by atoms with Crippen LogP contribution in [0.15, 0.2) is 0 Å². The summed E-state index contributed by atoms with van der Waals surface area (Å²) < 4.78 is 0. The molecule has 2 rings (SSSR count). The average Bonchev–Trinajstić information content (AvgIpc) is 2.22. The third-order valence-corrected chi connectivity index (χ3v) is 2.88. The van der Waals surface area contributed by atoms with Gasteiger partial charge in [-0.3, -0.25) is 9.69 Å². The Kier molecular flexibility index (Phi) is 1.78. The second-order valence-corrected chi connectivity index (χ2v) is 4.11. The number of carbonyl (C=O) groups excluding carboxylic acids is 2. The molecule has 1 saturated heterocycles. The van der Waals surface area contributed by atoms with Crippen LogP contribution in [-0.2, 0) is 4.79 Å². The zero-order valence-electron chi connectivity index (χ0n) is 7.91. The Morgan fingerprint density at radius 1 is 1.31 bits per heavy atom. The summed E-state index contributed by atoms with van der Waals surface area (Å²) in [5.74, 6) is 0.586. The van der Waals surface area contributed by atoms with Gasteiger partial charge < -0.3 is 5.32 Å². The molecule has 13 heavy (non-hydrogen) atoms. The van der Waals surface area contributed by atoms with Gasteiger partial charge in [0.15, 0.2) is 0 Å². The van der Waals surface area contributed by atoms with E-state index in [1.165, 1.54) is 4.90 Å². The fourth-order valence-electron chi connectivity index (χ4n) is 2.04. The minimum absolute atomic E-state index is 0.0677. The van der Waals surface area contributed by atoms with Gasteiger partial charge in [0.2, 0.25) is 0 Å². The van der Waals surface area contributed by atoms with Crippen LogP contribution in [0.2, 0.25) is 0 Å². The maximum absolute atomic E-state index is 11.5. The molecule has 1 saturated carbocycles. The minimum Gasteiger partial charge on any atom is -0.326 e. The van der Waals surface area contributed by atoms with E-state index in [0.29, 0.717) is 5.92 Å². The number of nitrogens with zero attached hydrogens (tertiary/aromatic N) is 1. The first kappa shape index (κ1) is 8.53. The van der Waals surface area contributed by atoms with Crippen molar-refractivity contribution in [2.75, 3.05) is 0 Å². The van der Waals surface area contributed by atoms with Crippen molar-refractivity contribution in [1.82, 2.24) is 10.2 Å². The fourth-order valence-corrected chi connectivity index (χ4v) is 2.04. The minimum atomic E-state index is -0.330. The molecule has 0 spiro atoms. The number of urea groups is 1. The third kappa shape index (κ3) is 1.20.